The van der Waals surface area contributed by atoms with Crippen LogP contribution in [0, 0.1) is 6.92 Å². The van der Waals surface area contributed by atoms with E-state index in [9.17, 15) is 5.11 Å². The van der Waals surface area contributed by atoms with Crippen molar-refractivity contribution < 1.29 is 5.11 Å². The fraction of sp³-hybridized carbons (Fsp3) is 0.200. The van der Waals surface area contributed by atoms with Crippen LogP contribution < -0.4 is 0 Å². The van der Waals surface area contributed by atoms with Crippen LogP contribution in [0.4, 0.5) is 0 Å². The van der Waals surface area contributed by atoms with Crippen molar-refractivity contribution in [3.8, 4) is 11.3 Å². The highest BCUT2D eigenvalue weighted by Crippen LogP contribution is 2.26. The van der Waals surface area contributed by atoms with E-state index in [1.165, 1.54) is 11.3 Å². The molecule has 0 aliphatic rings. The quantitative estimate of drug-likeness (QED) is 0.796. The first kappa shape index (κ1) is 13.4. The number of aliphatic hydroxyl groups excluding tert-OH is 1. The molecule has 1 atom stereocenters. The molecule has 0 saturated heterocycles. The lowest BCUT2D eigenvalue weighted by molar-refractivity contribution is 0.178. The summed E-state index contributed by atoms with van der Waals surface area (Å²) in [6.07, 6.45) is -0.0479. The molecule has 0 aliphatic heterocycles. The molecule has 1 aromatic carbocycles. The van der Waals surface area contributed by atoms with E-state index < -0.39 is 6.10 Å². The summed E-state index contributed by atoms with van der Waals surface area (Å²) in [6, 6.07) is 10.1. The molecule has 5 heteroatoms. The molecule has 2 aromatic heterocycles. The van der Waals surface area contributed by atoms with Gasteiger partial charge in [-0.3, -0.25) is 0 Å². The molecule has 102 valence electrons. The minimum atomic E-state index is -0.566. The maximum Gasteiger partial charge on any atom is 0.122 e. The summed E-state index contributed by atoms with van der Waals surface area (Å²) in [5.41, 5.74) is 3.02. The Morgan fingerprint density at radius 2 is 1.90 bits per heavy atom. The SMILES string of the molecule is Cc1csc(C(O)Cc2nc(-c3ccccc3)cs2)n1. The normalized spacial score (nSPS) is 12.5. The lowest BCUT2D eigenvalue weighted by atomic mass is 10.2. The molecular weight excluding hydrogens is 288 g/mol. The van der Waals surface area contributed by atoms with Crippen molar-refractivity contribution in [2.75, 3.05) is 0 Å². The number of thiazole rings is 2. The third kappa shape index (κ3) is 2.95. The zero-order chi connectivity index (χ0) is 13.9. The molecule has 0 bridgehead atoms. The number of nitrogens with zero attached hydrogens (tertiary/aromatic N) is 2. The standard InChI is InChI=1S/C15H14N2OS2/c1-10-8-20-15(16-10)13(18)7-14-17-12(9-19-14)11-5-3-2-4-6-11/h2-6,8-9,13,18H,7H2,1H3. The Hall–Kier alpha value is -1.56. The predicted octanol–water partition coefficient (Wildman–Crippen LogP) is 3.85. The largest absolute Gasteiger partial charge is 0.385 e. The second kappa shape index (κ2) is 5.83. The van der Waals surface area contributed by atoms with E-state index in [0.29, 0.717) is 6.42 Å². The summed E-state index contributed by atoms with van der Waals surface area (Å²) in [6.45, 7) is 1.93. The van der Waals surface area contributed by atoms with E-state index in [0.717, 1.165) is 27.0 Å². The van der Waals surface area contributed by atoms with Gasteiger partial charge < -0.3 is 5.11 Å². The van der Waals surface area contributed by atoms with Gasteiger partial charge in [0.1, 0.15) is 11.1 Å². The van der Waals surface area contributed by atoms with Gasteiger partial charge >= 0.3 is 0 Å². The van der Waals surface area contributed by atoms with E-state index in [1.807, 2.05) is 48.0 Å². The summed E-state index contributed by atoms with van der Waals surface area (Å²) < 4.78 is 0. The highest BCUT2D eigenvalue weighted by atomic mass is 32.1. The minimum Gasteiger partial charge on any atom is -0.385 e. The van der Waals surface area contributed by atoms with Gasteiger partial charge in [-0.2, -0.15) is 0 Å². The molecule has 0 spiro atoms. The monoisotopic (exact) mass is 302 g/mol. The number of aromatic nitrogens is 2. The zero-order valence-electron chi connectivity index (χ0n) is 11.0. The van der Waals surface area contributed by atoms with Crippen molar-refractivity contribution in [3.63, 3.8) is 0 Å². The lowest BCUT2D eigenvalue weighted by Gasteiger charge is -2.04. The second-order valence-corrected chi connectivity index (χ2v) is 6.37. The summed E-state index contributed by atoms with van der Waals surface area (Å²) in [5, 5.41) is 15.9. The molecule has 20 heavy (non-hydrogen) atoms. The zero-order valence-corrected chi connectivity index (χ0v) is 12.6. The van der Waals surface area contributed by atoms with Gasteiger partial charge in [0.2, 0.25) is 0 Å². The van der Waals surface area contributed by atoms with E-state index in [-0.39, 0.29) is 0 Å². The smallest absolute Gasteiger partial charge is 0.122 e. The summed E-state index contributed by atoms with van der Waals surface area (Å²) in [5.74, 6) is 0. The van der Waals surface area contributed by atoms with Gasteiger partial charge in [0.05, 0.1) is 10.7 Å². The summed E-state index contributed by atoms with van der Waals surface area (Å²) in [4.78, 5) is 8.91. The van der Waals surface area contributed by atoms with Crippen LogP contribution in [0.15, 0.2) is 41.1 Å². The molecule has 3 nitrogen and oxygen atoms in total. The Morgan fingerprint density at radius 3 is 2.60 bits per heavy atom. The van der Waals surface area contributed by atoms with Gasteiger partial charge in [-0.15, -0.1) is 22.7 Å². The van der Waals surface area contributed by atoms with Gasteiger partial charge in [0, 0.05) is 28.4 Å². The third-order valence-corrected chi connectivity index (χ3v) is 4.85. The average Bonchev–Trinajstić information content (AvgIpc) is 3.09. The summed E-state index contributed by atoms with van der Waals surface area (Å²) >= 11 is 3.08. The van der Waals surface area contributed by atoms with Crippen LogP contribution in [0.2, 0.25) is 0 Å². The van der Waals surface area contributed by atoms with Crippen molar-refractivity contribution in [1.29, 1.82) is 0 Å². The van der Waals surface area contributed by atoms with Gasteiger partial charge in [0.25, 0.3) is 0 Å². The number of aryl methyl sites for hydroxylation is 1. The van der Waals surface area contributed by atoms with Crippen molar-refractivity contribution in [1.82, 2.24) is 9.97 Å². The van der Waals surface area contributed by atoms with Gasteiger partial charge in [-0.05, 0) is 6.92 Å². The predicted molar refractivity (Wildman–Crippen MR) is 83.1 cm³/mol. The first-order valence-corrected chi connectivity index (χ1v) is 8.08. The van der Waals surface area contributed by atoms with Crippen LogP contribution in [-0.4, -0.2) is 15.1 Å². The number of benzene rings is 1. The molecule has 3 aromatic rings. The number of rotatable bonds is 4. The van der Waals surface area contributed by atoms with Gasteiger partial charge in [0.15, 0.2) is 0 Å². The molecule has 3 rings (SSSR count). The fourth-order valence-corrected chi connectivity index (χ4v) is 3.55. The lowest BCUT2D eigenvalue weighted by Crippen LogP contribution is -2.01. The first-order chi connectivity index (χ1) is 9.72. The second-order valence-electron chi connectivity index (χ2n) is 4.54. The van der Waals surface area contributed by atoms with Crippen LogP contribution in [0.3, 0.4) is 0 Å². The van der Waals surface area contributed by atoms with E-state index in [1.54, 1.807) is 11.3 Å². The third-order valence-electron chi connectivity index (χ3n) is 2.91. The maximum absolute atomic E-state index is 10.2. The van der Waals surface area contributed by atoms with E-state index >= 15 is 0 Å². The maximum atomic E-state index is 10.2. The Kier molecular flexibility index (Phi) is 3.91. The first-order valence-electron chi connectivity index (χ1n) is 6.32. The van der Waals surface area contributed by atoms with E-state index in [2.05, 4.69) is 9.97 Å². The Balaban J connectivity index is 1.74. The van der Waals surface area contributed by atoms with Crippen LogP contribution in [0.25, 0.3) is 11.3 Å². The highest BCUT2D eigenvalue weighted by Gasteiger charge is 2.15. The number of hydrogen-bond donors (Lipinski definition) is 1. The van der Waals surface area contributed by atoms with Gasteiger partial charge in [-0.25, -0.2) is 9.97 Å². The molecule has 0 fully saturated rings. The van der Waals surface area contributed by atoms with Gasteiger partial charge in [-0.1, -0.05) is 30.3 Å². The minimum absolute atomic E-state index is 0.518. The highest BCUT2D eigenvalue weighted by molar-refractivity contribution is 7.10. The topological polar surface area (TPSA) is 46.0 Å². The fourth-order valence-electron chi connectivity index (χ4n) is 1.92. The number of hydrogen-bond acceptors (Lipinski definition) is 5. The molecule has 2 heterocycles. The molecular formula is C15H14N2OS2. The van der Waals surface area contributed by atoms with Crippen molar-refractivity contribution in [3.05, 3.63) is 56.8 Å². The Morgan fingerprint density at radius 1 is 1.10 bits per heavy atom. The molecule has 1 N–H and O–H groups in total. The average molecular weight is 302 g/mol. The van der Waals surface area contributed by atoms with Crippen LogP contribution in [0.1, 0.15) is 21.8 Å². The Labute approximate surface area is 125 Å². The molecule has 1 unspecified atom stereocenters. The van der Waals surface area contributed by atoms with Crippen LogP contribution in [0.5, 0.6) is 0 Å². The molecule has 0 amide bonds. The summed E-state index contributed by atoms with van der Waals surface area (Å²) in [7, 11) is 0. The van der Waals surface area contributed by atoms with Crippen molar-refractivity contribution >= 4 is 22.7 Å². The van der Waals surface area contributed by atoms with Crippen molar-refractivity contribution in [2.45, 2.75) is 19.4 Å². The number of aliphatic hydroxyl groups is 1. The Bertz CT molecular complexity index is 691. The van der Waals surface area contributed by atoms with Crippen LogP contribution in [-0.2, 0) is 6.42 Å². The van der Waals surface area contributed by atoms with E-state index in [4.69, 9.17) is 0 Å². The van der Waals surface area contributed by atoms with Crippen molar-refractivity contribution in [2.24, 2.45) is 0 Å². The molecule has 0 radical (unpaired) electrons. The van der Waals surface area contributed by atoms with Crippen LogP contribution >= 0.6 is 22.7 Å². The molecule has 0 aliphatic carbocycles. The molecule has 0 saturated carbocycles.